The van der Waals surface area contributed by atoms with Gasteiger partial charge >= 0.3 is 0 Å². The molecule has 2 aliphatic rings. The molecule has 2 heteroatoms. The summed E-state index contributed by atoms with van der Waals surface area (Å²) in [5.74, 6) is 0.631. The van der Waals surface area contributed by atoms with Crippen LogP contribution in [-0.2, 0) is 4.79 Å². The van der Waals surface area contributed by atoms with Crippen LogP contribution in [0.4, 0.5) is 5.69 Å². The smallest absolute Gasteiger partial charge is 0.224 e. The Morgan fingerprint density at radius 1 is 1.40 bits per heavy atom. The van der Waals surface area contributed by atoms with E-state index >= 15 is 0 Å². The Kier molecular flexibility index (Phi) is 1.72. The summed E-state index contributed by atoms with van der Waals surface area (Å²) >= 11 is 0. The summed E-state index contributed by atoms with van der Waals surface area (Å²) in [5, 5.41) is 0. The van der Waals surface area contributed by atoms with E-state index in [4.69, 9.17) is 0 Å². The molecular weight excluding hydrogens is 186 g/mol. The van der Waals surface area contributed by atoms with Crippen LogP contribution in [-0.4, -0.2) is 11.9 Å². The fourth-order valence-corrected chi connectivity index (χ4v) is 2.78. The molecule has 1 aromatic rings. The predicted octanol–water partition coefficient (Wildman–Crippen LogP) is 2.47. The minimum absolute atomic E-state index is 0.140. The van der Waals surface area contributed by atoms with E-state index in [-0.39, 0.29) is 11.9 Å². The molecule has 0 fully saturated rings. The van der Waals surface area contributed by atoms with E-state index in [1.54, 1.807) is 6.92 Å². The molecule has 0 N–H and O–H groups in total. The van der Waals surface area contributed by atoms with Gasteiger partial charge in [-0.15, -0.1) is 0 Å². The molecule has 2 nitrogen and oxygen atoms in total. The summed E-state index contributed by atoms with van der Waals surface area (Å²) < 4.78 is 0. The molecule has 0 saturated carbocycles. The predicted molar refractivity (Wildman–Crippen MR) is 59.9 cm³/mol. The van der Waals surface area contributed by atoms with Gasteiger partial charge in [0.15, 0.2) is 0 Å². The number of amides is 1. The van der Waals surface area contributed by atoms with Gasteiger partial charge in [0.1, 0.15) is 0 Å². The molecule has 1 heterocycles. The molecule has 2 unspecified atom stereocenters. The minimum Gasteiger partial charge on any atom is -0.305 e. The molecule has 1 aliphatic heterocycles. The summed E-state index contributed by atoms with van der Waals surface area (Å²) in [7, 11) is 0. The topological polar surface area (TPSA) is 20.3 Å². The zero-order valence-corrected chi connectivity index (χ0v) is 8.68. The van der Waals surface area contributed by atoms with Crippen molar-refractivity contribution in [3.63, 3.8) is 0 Å². The summed E-state index contributed by atoms with van der Waals surface area (Å²) in [5.41, 5.74) is 2.42. The van der Waals surface area contributed by atoms with Crippen molar-refractivity contribution in [2.24, 2.45) is 0 Å². The Bertz CT molecular complexity index is 450. The Balaban J connectivity index is 2.16. The first-order chi connectivity index (χ1) is 7.29. The maximum Gasteiger partial charge on any atom is 0.224 e. The second kappa shape index (κ2) is 2.96. The van der Waals surface area contributed by atoms with Crippen LogP contribution < -0.4 is 4.90 Å². The van der Waals surface area contributed by atoms with Crippen molar-refractivity contribution in [1.82, 2.24) is 0 Å². The van der Waals surface area contributed by atoms with Gasteiger partial charge in [-0.3, -0.25) is 4.79 Å². The molecule has 0 aromatic heterocycles. The first-order valence-electron chi connectivity index (χ1n) is 5.34. The van der Waals surface area contributed by atoms with Gasteiger partial charge in [-0.1, -0.05) is 30.4 Å². The first-order valence-corrected chi connectivity index (χ1v) is 5.34. The van der Waals surface area contributed by atoms with Crippen molar-refractivity contribution in [2.75, 3.05) is 4.90 Å². The van der Waals surface area contributed by atoms with Gasteiger partial charge in [-0.2, -0.15) is 0 Å². The van der Waals surface area contributed by atoms with Gasteiger partial charge in [-0.05, 0) is 18.1 Å². The number of carbonyl (C=O) groups is 1. The van der Waals surface area contributed by atoms with E-state index in [9.17, 15) is 4.79 Å². The molecule has 0 radical (unpaired) electrons. The number of rotatable bonds is 0. The molecule has 1 aromatic carbocycles. The quantitative estimate of drug-likeness (QED) is 0.588. The zero-order valence-electron chi connectivity index (χ0n) is 8.68. The van der Waals surface area contributed by atoms with Crippen LogP contribution in [0.2, 0.25) is 0 Å². The number of allylic oxidation sites excluding steroid dienone is 1. The number of hydrogen-bond acceptors (Lipinski definition) is 1. The van der Waals surface area contributed by atoms with Crippen LogP contribution in [0.3, 0.4) is 0 Å². The van der Waals surface area contributed by atoms with E-state index in [1.165, 1.54) is 5.56 Å². The largest absolute Gasteiger partial charge is 0.305 e. The van der Waals surface area contributed by atoms with Gasteiger partial charge in [0, 0.05) is 18.5 Å². The molecular formula is C13H13NO. The molecule has 0 bridgehead atoms. The van der Waals surface area contributed by atoms with E-state index in [2.05, 4.69) is 24.3 Å². The monoisotopic (exact) mass is 199 g/mol. The maximum atomic E-state index is 11.6. The third-order valence-electron chi connectivity index (χ3n) is 3.37. The first kappa shape index (κ1) is 8.72. The average Bonchev–Trinajstić information content (AvgIpc) is 2.75. The average molecular weight is 199 g/mol. The lowest BCUT2D eigenvalue weighted by atomic mass is 9.97. The molecule has 2 atom stereocenters. The van der Waals surface area contributed by atoms with Crippen LogP contribution in [0, 0.1) is 0 Å². The highest BCUT2D eigenvalue weighted by molar-refractivity contribution is 5.95. The number of para-hydroxylation sites is 1. The summed E-state index contributed by atoms with van der Waals surface area (Å²) in [6.45, 7) is 1.64. The maximum absolute atomic E-state index is 11.6. The lowest BCUT2D eigenvalue weighted by Crippen LogP contribution is -2.34. The number of hydrogen-bond donors (Lipinski definition) is 0. The van der Waals surface area contributed by atoms with Crippen LogP contribution >= 0.6 is 0 Å². The van der Waals surface area contributed by atoms with Crippen LogP contribution in [0.5, 0.6) is 0 Å². The van der Waals surface area contributed by atoms with Crippen molar-refractivity contribution in [2.45, 2.75) is 25.3 Å². The zero-order chi connectivity index (χ0) is 10.4. The van der Waals surface area contributed by atoms with Crippen molar-refractivity contribution < 1.29 is 4.79 Å². The Morgan fingerprint density at radius 3 is 3.00 bits per heavy atom. The summed E-state index contributed by atoms with van der Waals surface area (Å²) in [6.07, 6.45) is 5.40. The lowest BCUT2D eigenvalue weighted by Gasteiger charge is -2.21. The molecule has 1 aliphatic carbocycles. The van der Waals surface area contributed by atoms with Crippen molar-refractivity contribution in [3.8, 4) is 0 Å². The van der Waals surface area contributed by atoms with Crippen LogP contribution in [0.1, 0.15) is 24.8 Å². The third-order valence-corrected chi connectivity index (χ3v) is 3.37. The fraction of sp³-hybridized carbons (Fsp3) is 0.308. The highest BCUT2D eigenvalue weighted by Gasteiger charge is 2.40. The standard InChI is InChI=1S/C13H13NO/c1-9(15)14-12-7-3-2-5-10(12)11-6-4-8-13(11)14/h2-5,7-8,11,13H,6H2,1H3. The highest BCUT2D eigenvalue weighted by Crippen LogP contribution is 2.46. The van der Waals surface area contributed by atoms with Gasteiger partial charge in [0.2, 0.25) is 5.91 Å². The number of carbonyl (C=O) groups excluding carboxylic acids is 1. The van der Waals surface area contributed by atoms with Gasteiger partial charge in [0.25, 0.3) is 0 Å². The lowest BCUT2D eigenvalue weighted by molar-refractivity contribution is -0.116. The fourth-order valence-electron chi connectivity index (χ4n) is 2.78. The number of benzene rings is 1. The molecule has 0 saturated heterocycles. The summed E-state index contributed by atoms with van der Waals surface area (Å²) in [6, 6.07) is 8.50. The number of fused-ring (bicyclic) bond motifs is 3. The van der Waals surface area contributed by atoms with Gasteiger partial charge in [0.05, 0.1) is 6.04 Å². The number of anilines is 1. The summed E-state index contributed by atoms with van der Waals surface area (Å²) in [4.78, 5) is 13.6. The van der Waals surface area contributed by atoms with Crippen LogP contribution in [0.15, 0.2) is 36.4 Å². The number of nitrogens with zero attached hydrogens (tertiary/aromatic N) is 1. The third kappa shape index (κ3) is 1.08. The Labute approximate surface area is 89.2 Å². The van der Waals surface area contributed by atoms with Gasteiger partial charge in [-0.25, -0.2) is 0 Å². The van der Waals surface area contributed by atoms with E-state index in [1.807, 2.05) is 17.0 Å². The SMILES string of the molecule is CC(=O)N1c2ccccc2C2CC=CC21. The van der Waals surface area contributed by atoms with Crippen molar-refractivity contribution in [3.05, 3.63) is 42.0 Å². The van der Waals surface area contributed by atoms with Crippen molar-refractivity contribution >= 4 is 11.6 Å². The van der Waals surface area contributed by atoms with Gasteiger partial charge < -0.3 is 4.90 Å². The van der Waals surface area contributed by atoms with Crippen LogP contribution in [0.25, 0.3) is 0 Å². The highest BCUT2D eigenvalue weighted by atomic mass is 16.2. The molecule has 1 amide bonds. The van der Waals surface area contributed by atoms with E-state index in [0.29, 0.717) is 5.92 Å². The minimum atomic E-state index is 0.140. The van der Waals surface area contributed by atoms with E-state index < -0.39 is 0 Å². The second-order valence-electron chi connectivity index (χ2n) is 4.21. The molecule has 0 spiro atoms. The molecule has 15 heavy (non-hydrogen) atoms. The second-order valence-corrected chi connectivity index (χ2v) is 4.21. The molecule has 3 rings (SSSR count). The van der Waals surface area contributed by atoms with Crippen molar-refractivity contribution in [1.29, 1.82) is 0 Å². The molecule has 76 valence electrons. The Morgan fingerprint density at radius 2 is 2.20 bits per heavy atom. The van der Waals surface area contributed by atoms with E-state index in [0.717, 1.165) is 12.1 Å². The Hall–Kier alpha value is -1.57. The normalized spacial score (nSPS) is 26.6.